The Labute approximate surface area is 138 Å². The molecule has 1 aliphatic heterocycles. The number of aryl methyl sites for hydroxylation is 1. The Bertz CT molecular complexity index is 856. The minimum Gasteiger partial charge on any atom is -0.361 e. The Kier molecular flexibility index (Phi) is 3.60. The number of hydrogen-bond acceptors (Lipinski definition) is 6. The van der Waals surface area contributed by atoms with E-state index in [1.165, 1.54) is 0 Å². The van der Waals surface area contributed by atoms with Crippen LogP contribution in [0.25, 0.3) is 11.5 Å². The van der Waals surface area contributed by atoms with Crippen LogP contribution in [-0.4, -0.2) is 39.2 Å². The van der Waals surface area contributed by atoms with Crippen molar-refractivity contribution in [2.24, 2.45) is 0 Å². The molecule has 0 radical (unpaired) electrons. The zero-order chi connectivity index (χ0) is 16.5. The summed E-state index contributed by atoms with van der Waals surface area (Å²) in [7, 11) is 0. The van der Waals surface area contributed by atoms with Gasteiger partial charge in [-0.1, -0.05) is 28.5 Å². The van der Waals surface area contributed by atoms with Crippen LogP contribution in [0.1, 0.15) is 34.4 Å². The van der Waals surface area contributed by atoms with E-state index in [0.717, 1.165) is 12.0 Å². The highest BCUT2D eigenvalue weighted by atomic mass is 16.5. The van der Waals surface area contributed by atoms with E-state index in [4.69, 9.17) is 9.05 Å². The van der Waals surface area contributed by atoms with Crippen molar-refractivity contribution in [3.63, 3.8) is 0 Å². The fourth-order valence-corrected chi connectivity index (χ4v) is 2.88. The summed E-state index contributed by atoms with van der Waals surface area (Å²) in [6, 6.07) is 11.3. The van der Waals surface area contributed by atoms with Gasteiger partial charge in [-0.15, -0.1) is 0 Å². The fourth-order valence-electron chi connectivity index (χ4n) is 2.88. The van der Waals surface area contributed by atoms with Gasteiger partial charge in [-0.05, 0) is 25.5 Å². The first-order valence-corrected chi connectivity index (χ1v) is 7.82. The number of benzene rings is 1. The number of likely N-dealkylation sites (tertiary alicyclic amines) is 1. The third-order valence-electron chi connectivity index (χ3n) is 4.15. The summed E-state index contributed by atoms with van der Waals surface area (Å²) >= 11 is 0. The zero-order valence-electron chi connectivity index (χ0n) is 13.2. The summed E-state index contributed by atoms with van der Waals surface area (Å²) in [5.41, 5.74) is 1.23. The Hall–Kier alpha value is -2.96. The lowest BCUT2D eigenvalue weighted by Crippen LogP contribution is -2.28. The molecule has 7 heteroatoms. The maximum atomic E-state index is 12.4. The molecule has 1 amide bonds. The monoisotopic (exact) mass is 324 g/mol. The van der Waals surface area contributed by atoms with Crippen LogP contribution in [0.15, 0.2) is 45.4 Å². The van der Waals surface area contributed by atoms with E-state index >= 15 is 0 Å². The second-order valence-electron chi connectivity index (χ2n) is 5.88. The zero-order valence-corrected chi connectivity index (χ0v) is 13.2. The summed E-state index contributed by atoms with van der Waals surface area (Å²) in [5.74, 6) is 1.71. The van der Waals surface area contributed by atoms with Gasteiger partial charge in [0.15, 0.2) is 11.5 Å². The van der Waals surface area contributed by atoms with Gasteiger partial charge in [-0.2, -0.15) is 4.98 Å². The number of hydrogen-bond donors (Lipinski definition) is 0. The number of amides is 1. The Balaban J connectivity index is 1.47. The van der Waals surface area contributed by atoms with Crippen LogP contribution in [0.4, 0.5) is 0 Å². The van der Waals surface area contributed by atoms with Gasteiger partial charge >= 0.3 is 0 Å². The largest absolute Gasteiger partial charge is 0.361 e. The maximum Gasteiger partial charge on any atom is 0.276 e. The van der Waals surface area contributed by atoms with E-state index in [0.29, 0.717) is 36.3 Å². The second-order valence-corrected chi connectivity index (χ2v) is 5.88. The first-order chi connectivity index (χ1) is 11.7. The molecule has 1 aliphatic rings. The van der Waals surface area contributed by atoms with Gasteiger partial charge in [0.25, 0.3) is 11.8 Å². The fraction of sp³-hybridized carbons (Fsp3) is 0.294. The van der Waals surface area contributed by atoms with Crippen molar-refractivity contribution < 1.29 is 13.8 Å². The smallest absolute Gasteiger partial charge is 0.276 e. The minimum absolute atomic E-state index is 0.0724. The Morgan fingerprint density at radius 1 is 1.21 bits per heavy atom. The highest BCUT2D eigenvalue weighted by molar-refractivity contribution is 5.92. The van der Waals surface area contributed by atoms with E-state index in [-0.39, 0.29) is 11.8 Å². The lowest BCUT2D eigenvalue weighted by atomic mass is 10.1. The molecule has 24 heavy (non-hydrogen) atoms. The first-order valence-electron chi connectivity index (χ1n) is 7.82. The molecule has 3 heterocycles. The van der Waals surface area contributed by atoms with Crippen molar-refractivity contribution in [2.75, 3.05) is 13.1 Å². The third-order valence-corrected chi connectivity index (χ3v) is 4.15. The summed E-state index contributed by atoms with van der Waals surface area (Å²) in [5, 5.41) is 7.87. The number of aromatic nitrogens is 3. The number of rotatable bonds is 3. The molecule has 2 aromatic heterocycles. The third kappa shape index (κ3) is 2.68. The topological polar surface area (TPSA) is 85.3 Å². The van der Waals surface area contributed by atoms with Crippen LogP contribution in [0.3, 0.4) is 0 Å². The number of nitrogens with zero attached hydrogens (tertiary/aromatic N) is 4. The molecule has 1 atom stereocenters. The quantitative estimate of drug-likeness (QED) is 0.736. The predicted molar refractivity (Wildman–Crippen MR) is 84.2 cm³/mol. The lowest BCUT2D eigenvalue weighted by Gasteiger charge is -2.13. The average molecular weight is 324 g/mol. The molecule has 1 fully saturated rings. The molecule has 0 bridgehead atoms. The molecule has 4 rings (SSSR count). The van der Waals surface area contributed by atoms with Crippen molar-refractivity contribution in [3.8, 4) is 11.5 Å². The van der Waals surface area contributed by atoms with Gasteiger partial charge in [0, 0.05) is 30.6 Å². The van der Waals surface area contributed by atoms with E-state index in [9.17, 15) is 4.79 Å². The number of carbonyl (C=O) groups excluding carboxylic acids is 1. The summed E-state index contributed by atoms with van der Waals surface area (Å²) in [6.07, 6.45) is 0.802. The van der Waals surface area contributed by atoms with Gasteiger partial charge in [-0.25, -0.2) is 0 Å². The standard InChI is InChI=1S/C17H16N4O3/c1-11-9-14(19-23-11)17(22)21-8-7-13(10-21)15-18-16(24-20-15)12-5-3-2-4-6-12/h2-6,9,13H,7-8,10H2,1H3. The Morgan fingerprint density at radius 2 is 2.04 bits per heavy atom. The maximum absolute atomic E-state index is 12.4. The average Bonchev–Trinajstić information content (AvgIpc) is 3.35. The molecule has 1 unspecified atom stereocenters. The van der Waals surface area contributed by atoms with Gasteiger partial charge < -0.3 is 13.9 Å². The molecule has 0 spiro atoms. The van der Waals surface area contributed by atoms with Crippen molar-refractivity contribution in [2.45, 2.75) is 19.3 Å². The summed E-state index contributed by atoms with van der Waals surface area (Å²) < 4.78 is 10.3. The van der Waals surface area contributed by atoms with Gasteiger partial charge in [0.1, 0.15) is 5.76 Å². The van der Waals surface area contributed by atoms with Crippen molar-refractivity contribution in [3.05, 3.63) is 53.7 Å². The summed E-state index contributed by atoms with van der Waals surface area (Å²) in [6.45, 7) is 2.96. The van der Waals surface area contributed by atoms with E-state index < -0.39 is 0 Å². The van der Waals surface area contributed by atoms with Crippen molar-refractivity contribution in [1.82, 2.24) is 20.2 Å². The predicted octanol–water partition coefficient (Wildman–Crippen LogP) is 2.66. The van der Waals surface area contributed by atoms with Crippen LogP contribution in [0.2, 0.25) is 0 Å². The van der Waals surface area contributed by atoms with Crippen LogP contribution in [0.5, 0.6) is 0 Å². The highest BCUT2D eigenvalue weighted by Gasteiger charge is 2.32. The molecule has 0 N–H and O–H groups in total. The van der Waals surface area contributed by atoms with Crippen LogP contribution in [-0.2, 0) is 0 Å². The Morgan fingerprint density at radius 3 is 2.79 bits per heavy atom. The van der Waals surface area contributed by atoms with Crippen LogP contribution < -0.4 is 0 Å². The second kappa shape index (κ2) is 5.92. The van der Waals surface area contributed by atoms with Crippen molar-refractivity contribution >= 4 is 5.91 Å². The molecule has 122 valence electrons. The molecule has 0 aliphatic carbocycles. The summed E-state index contributed by atoms with van der Waals surface area (Å²) in [4.78, 5) is 18.6. The minimum atomic E-state index is -0.124. The van der Waals surface area contributed by atoms with Crippen LogP contribution in [0, 0.1) is 6.92 Å². The van der Waals surface area contributed by atoms with Crippen molar-refractivity contribution in [1.29, 1.82) is 0 Å². The normalized spacial score (nSPS) is 17.4. The number of carbonyl (C=O) groups is 1. The SMILES string of the molecule is Cc1cc(C(=O)N2CCC(c3noc(-c4ccccc4)n3)C2)no1. The molecule has 1 saturated heterocycles. The van der Waals surface area contributed by atoms with E-state index in [2.05, 4.69) is 15.3 Å². The molecular formula is C17H16N4O3. The molecule has 1 aromatic carbocycles. The van der Waals surface area contributed by atoms with Gasteiger partial charge in [0.05, 0.1) is 0 Å². The van der Waals surface area contributed by atoms with Gasteiger partial charge in [-0.3, -0.25) is 4.79 Å². The first kappa shape index (κ1) is 14.6. The lowest BCUT2D eigenvalue weighted by molar-refractivity contribution is 0.0780. The van der Waals surface area contributed by atoms with E-state index in [1.807, 2.05) is 30.3 Å². The molecule has 3 aromatic rings. The molecule has 7 nitrogen and oxygen atoms in total. The van der Waals surface area contributed by atoms with Crippen LogP contribution >= 0.6 is 0 Å². The molecular weight excluding hydrogens is 308 g/mol. The van der Waals surface area contributed by atoms with E-state index in [1.54, 1.807) is 17.9 Å². The highest BCUT2D eigenvalue weighted by Crippen LogP contribution is 2.28. The van der Waals surface area contributed by atoms with Gasteiger partial charge in [0.2, 0.25) is 0 Å². The molecule has 0 saturated carbocycles.